The highest BCUT2D eigenvalue weighted by Gasteiger charge is 2.38. The van der Waals surface area contributed by atoms with E-state index in [-0.39, 0.29) is 22.9 Å². The lowest BCUT2D eigenvalue weighted by Crippen LogP contribution is -2.44. The number of piperidine rings is 1. The standard InChI is InChI=1S/C23H20N2O3S/c26-22-16-15-21(29-20-13-11-19(12-14-20)25(27)28)23(17-7-3-1-4-8-17)24(22)18-9-5-2-6-10-18/h1-14,21,23H,15-16H2/t21-,23+/m0/s1. The SMILES string of the molecule is O=C1CC[C@H](Sc2ccc([N+](=O)[O-])cc2)[C@@H](c2ccccc2)N1c1ccccc1. The van der Waals surface area contributed by atoms with Crippen LogP contribution in [0.25, 0.3) is 0 Å². The summed E-state index contributed by atoms with van der Waals surface area (Å²) in [4.78, 5) is 26.3. The van der Waals surface area contributed by atoms with Gasteiger partial charge in [0.05, 0.1) is 11.0 Å². The van der Waals surface area contributed by atoms with E-state index >= 15 is 0 Å². The van der Waals surface area contributed by atoms with Gasteiger partial charge in [0.15, 0.2) is 0 Å². The van der Waals surface area contributed by atoms with Crippen LogP contribution in [0, 0.1) is 10.1 Å². The van der Waals surface area contributed by atoms with E-state index in [9.17, 15) is 14.9 Å². The Morgan fingerprint density at radius 3 is 2.14 bits per heavy atom. The highest BCUT2D eigenvalue weighted by Crippen LogP contribution is 2.44. The molecule has 0 aromatic heterocycles. The van der Waals surface area contributed by atoms with Crippen LogP contribution in [0.4, 0.5) is 11.4 Å². The van der Waals surface area contributed by atoms with Crippen molar-refractivity contribution in [3.05, 3.63) is 101 Å². The first kappa shape index (κ1) is 19.2. The number of carbonyl (C=O) groups excluding carboxylic acids is 1. The van der Waals surface area contributed by atoms with Gasteiger partial charge >= 0.3 is 0 Å². The molecule has 146 valence electrons. The molecule has 1 saturated heterocycles. The van der Waals surface area contributed by atoms with Crippen molar-refractivity contribution >= 4 is 29.0 Å². The number of thioether (sulfide) groups is 1. The van der Waals surface area contributed by atoms with Gasteiger partial charge in [-0.2, -0.15) is 0 Å². The summed E-state index contributed by atoms with van der Waals surface area (Å²) in [7, 11) is 0. The Kier molecular flexibility index (Phi) is 5.62. The summed E-state index contributed by atoms with van der Waals surface area (Å²) in [6.45, 7) is 0. The third-order valence-electron chi connectivity index (χ3n) is 5.05. The summed E-state index contributed by atoms with van der Waals surface area (Å²) < 4.78 is 0. The molecular weight excluding hydrogens is 384 g/mol. The van der Waals surface area contributed by atoms with Crippen LogP contribution in [0.2, 0.25) is 0 Å². The number of carbonyl (C=O) groups is 1. The van der Waals surface area contributed by atoms with Gasteiger partial charge in [-0.05, 0) is 36.2 Å². The number of anilines is 1. The molecule has 0 spiro atoms. The third-order valence-corrected chi connectivity index (χ3v) is 6.39. The van der Waals surface area contributed by atoms with E-state index in [1.807, 2.05) is 53.4 Å². The van der Waals surface area contributed by atoms with E-state index in [1.165, 1.54) is 12.1 Å². The molecule has 4 rings (SSSR count). The molecule has 0 bridgehead atoms. The number of non-ortho nitro benzene ring substituents is 1. The van der Waals surface area contributed by atoms with Crippen LogP contribution in [0.15, 0.2) is 89.8 Å². The molecular formula is C23H20N2O3S. The second kappa shape index (κ2) is 8.49. The molecule has 1 heterocycles. The van der Waals surface area contributed by atoms with Gasteiger partial charge in [0, 0.05) is 34.4 Å². The maximum absolute atomic E-state index is 12.9. The van der Waals surface area contributed by atoms with Gasteiger partial charge in [-0.15, -0.1) is 11.8 Å². The lowest BCUT2D eigenvalue weighted by molar-refractivity contribution is -0.384. The van der Waals surface area contributed by atoms with E-state index in [0.717, 1.165) is 22.6 Å². The third kappa shape index (κ3) is 4.17. The van der Waals surface area contributed by atoms with Crippen LogP contribution in [0.3, 0.4) is 0 Å². The van der Waals surface area contributed by atoms with E-state index in [1.54, 1.807) is 23.9 Å². The summed E-state index contributed by atoms with van der Waals surface area (Å²) in [6, 6.07) is 26.3. The first-order valence-corrected chi connectivity index (χ1v) is 10.3. The van der Waals surface area contributed by atoms with E-state index in [4.69, 9.17) is 0 Å². The minimum absolute atomic E-state index is 0.0821. The Bertz CT molecular complexity index is 994. The topological polar surface area (TPSA) is 63.4 Å². The molecule has 29 heavy (non-hydrogen) atoms. The van der Waals surface area contributed by atoms with Gasteiger partial charge in [-0.1, -0.05) is 48.5 Å². The van der Waals surface area contributed by atoms with Crippen LogP contribution < -0.4 is 4.90 Å². The number of amides is 1. The maximum atomic E-state index is 12.9. The Labute approximate surface area is 173 Å². The van der Waals surface area contributed by atoms with E-state index in [0.29, 0.717) is 6.42 Å². The first-order valence-electron chi connectivity index (χ1n) is 9.46. The zero-order chi connectivity index (χ0) is 20.2. The van der Waals surface area contributed by atoms with Crippen molar-refractivity contribution in [2.45, 2.75) is 29.0 Å². The molecule has 0 unspecified atom stereocenters. The summed E-state index contributed by atoms with van der Waals surface area (Å²) >= 11 is 1.67. The normalized spacial score (nSPS) is 19.2. The molecule has 1 aliphatic rings. The fourth-order valence-corrected chi connectivity index (χ4v) is 5.00. The number of hydrogen-bond acceptors (Lipinski definition) is 4. The fraction of sp³-hybridized carbons (Fsp3) is 0.174. The van der Waals surface area contributed by atoms with Gasteiger partial charge in [0.25, 0.3) is 5.69 Å². The molecule has 6 heteroatoms. The van der Waals surface area contributed by atoms with Crippen LogP contribution in [0.5, 0.6) is 0 Å². The first-order chi connectivity index (χ1) is 14.1. The van der Waals surface area contributed by atoms with Gasteiger partial charge in [0.1, 0.15) is 0 Å². The highest BCUT2D eigenvalue weighted by atomic mass is 32.2. The van der Waals surface area contributed by atoms with Crippen LogP contribution >= 0.6 is 11.8 Å². The molecule has 5 nitrogen and oxygen atoms in total. The number of nitro benzene ring substituents is 1. The molecule has 1 amide bonds. The maximum Gasteiger partial charge on any atom is 0.269 e. The van der Waals surface area contributed by atoms with Crippen molar-refractivity contribution in [2.75, 3.05) is 4.90 Å². The number of rotatable bonds is 5. The molecule has 3 aromatic carbocycles. The van der Waals surface area contributed by atoms with Crippen molar-refractivity contribution in [1.82, 2.24) is 0 Å². The average molecular weight is 404 g/mol. The summed E-state index contributed by atoms with van der Waals surface area (Å²) in [5.41, 5.74) is 2.06. The summed E-state index contributed by atoms with van der Waals surface area (Å²) in [6.07, 6.45) is 1.23. The van der Waals surface area contributed by atoms with Gasteiger partial charge < -0.3 is 4.90 Å². The molecule has 1 fully saturated rings. The number of para-hydroxylation sites is 1. The van der Waals surface area contributed by atoms with Crippen LogP contribution in [-0.4, -0.2) is 16.1 Å². The minimum Gasteiger partial charge on any atom is -0.304 e. The largest absolute Gasteiger partial charge is 0.304 e. The molecule has 0 N–H and O–H groups in total. The van der Waals surface area contributed by atoms with Crippen LogP contribution in [-0.2, 0) is 4.79 Å². The lowest BCUT2D eigenvalue weighted by Gasteiger charge is -2.41. The van der Waals surface area contributed by atoms with E-state index in [2.05, 4.69) is 12.1 Å². The fourth-order valence-electron chi connectivity index (χ4n) is 3.72. The molecule has 3 aromatic rings. The molecule has 0 radical (unpaired) electrons. The van der Waals surface area contributed by atoms with Crippen molar-refractivity contribution < 1.29 is 9.72 Å². The van der Waals surface area contributed by atoms with Crippen molar-refractivity contribution in [1.29, 1.82) is 0 Å². The predicted octanol–water partition coefficient (Wildman–Crippen LogP) is 5.62. The Balaban J connectivity index is 1.70. The summed E-state index contributed by atoms with van der Waals surface area (Å²) in [5, 5.41) is 11.1. The Morgan fingerprint density at radius 2 is 1.52 bits per heavy atom. The molecule has 0 aliphatic carbocycles. The van der Waals surface area contributed by atoms with Crippen molar-refractivity contribution in [3.8, 4) is 0 Å². The highest BCUT2D eigenvalue weighted by molar-refractivity contribution is 8.00. The zero-order valence-electron chi connectivity index (χ0n) is 15.7. The minimum atomic E-state index is -0.391. The summed E-state index contributed by atoms with van der Waals surface area (Å²) in [5.74, 6) is 0.116. The van der Waals surface area contributed by atoms with Crippen LogP contribution in [0.1, 0.15) is 24.4 Å². The lowest BCUT2D eigenvalue weighted by atomic mass is 9.93. The Morgan fingerprint density at radius 1 is 0.897 bits per heavy atom. The van der Waals surface area contributed by atoms with Crippen molar-refractivity contribution in [3.63, 3.8) is 0 Å². The van der Waals surface area contributed by atoms with Gasteiger partial charge in [-0.25, -0.2) is 0 Å². The number of nitrogens with zero attached hydrogens (tertiary/aromatic N) is 2. The van der Waals surface area contributed by atoms with E-state index < -0.39 is 4.92 Å². The molecule has 2 atom stereocenters. The predicted molar refractivity (Wildman–Crippen MR) is 115 cm³/mol. The molecule has 1 aliphatic heterocycles. The number of nitro groups is 1. The monoisotopic (exact) mass is 404 g/mol. The van der Waals surface area contributed by atoms with Gasteiger partial charge in [0.2, 0.25) is 5.91 Å². The molecule has 0 saturated carbocycles. The second-order valence-electron chi connectivity index (χ2n) is 6.90. The smallest absolute Gasteiger partial charge is 0.269 e. The van der Waals surface area contributed by atoms with Gasteiger partial charge in [-0.3, -0.25) is 14.9 Å². The second-order valence-corrected chi connectivity index (χ2v) is 8.21. The number of benzene rings is 3. The zero-order valence-corrected chi connectivity index (χ0v) is 16.5. The average Bonchev–Trinajstić information content (AvgIpc) is 2.76. The quantitative estimate of drug-likeness (QED) is 0.409. The number of hydrogen-bond donors (Lipinski definition) is 0. The van der Waals surface area contributed by atoms with Crippen molar-refractivity contribution in [2.24, 2.45) is 0 Å². The Hall–Kier alpha value is -3.12.